The minimum Gasteiger partial charge on any atom is -0.481 e. The van der Waals surface area contributed by atoms with Gasteiger partial charge in [-0.2, -0.15) is 4.98 Å². The summed E-state index contributed by atoms with van der Waals surface area (Å²) in [7, 11) is 0. The Kier molecular flexibility index (Phi) is 5.16. The molecule has 2 heterocycles. The van der Waals surface area contributed by atoms with Gasteiger partial charge < -0.3 is 19.4 Å². The molecule has 0 atom stereocenters. The molecule has 0 spiro atoms. The average molecular weight is 347 g/mol. The number of rotatable bonds is 7. The molecule has 3 rings (SSSR count). The van der Waals surface area contributed by atoms with E-state index >= 15 is 0 Å². The van der Waals surface area contributed by atoms with Crippen LogP contribution in [0, 0.1) is 5.41 Å². The second-order valence-electron chi connectivity index (χ2n) is 6.41. The number of nitrogens with zero attached hydrogens (tertiary/aromatic N) is 2. The van der Waals surface area contributed by atoms with Crippen molar-refractivity contribution in [1.82, 2.24) is 15.5 Å². The number of amides is 1. The van der Waals surface area contributed by atoms with E-state index in [1.807, 2.05) is 0 Å². The number of carbonyl (C=O) groups is 2. The summed E-state index contributed by atoms with van der Waals surface area (Å²) in [4.78, 5) is 27.8. The van der Waals surface area contributed by atoms with Crippen molar-refractivity contribution in [1.29, 1.82) is 0 Å². The van der Waals surface area contributed by atoms with E-state index in [4.69, 9.17) is 8.94 Å². The first-order valence-electron chi connectivity index (χ1n) is 8.46. The molecule has 0 bridgehead atoms. The molecule has 0 aliphatic heterocycles. The van der Waals surface area contributed by atoms with Gasteiger partial charge >= 0.3 is 5.97 Å². The maximum atomic E-state index is 12.0. The molecule has 1 aliphatic rings. The van der Waals surface area contributed by atoms with Crippen molar-refractivity contribution >= 4 is 11.9 Å². The molecule has 1 amide bonds. The zero-order chi connectivity index (χ0) is 17.7. The van der Waals surface area contributed by atoms with Crippen LogP contribution in [0.15, 0.2) is 27.3 Å². The summed E-state index contributed by atoms with van der Waals surface area (Å²) in [5.74, 6) is 0.135. The van der Waals surface area contributed by atoms with E-state index in [-0.39, 0.29) is 18.9 Å². The predicted octanol–water partition coefficient (Wildman–Crippen LogP) is 2.41. The topological polar surface area (TPSA) is 118 Å². The van der Waals surface area contributed by atoms with Gasteiger partial charge in [0.15, 0.2) is 5.76 Å². The normalized spacial score (nSPS) is 16.5. The van der Waals surface area contributed by atoms with Crippen LogP contribution < -0.4 is 5.32 Å². The van der Waals surface area contributed by atoms with Crippen LogP contribution in [0.5, 0.6) is 0 Å². The number of aromatic nitrogens is 2. The van der Waals surface area contributed by atoms with Gasteiger partial charge in [0.25, 0.3) is 0 Å². The van der Waals surface area contributed by atoms with Crippen molar-refractivity contribution in [3.05, 3.63) is 24.3 Å². The van der Waals surface area contributed by atoms with Crippen LogP contribution in [0.4, 0.5) is 0 Å². The van der Waals surface area contributed by atoms with Gasteiger partial charge in [-0.15, -0.1) is 0 Å². The second-order valence-corrected chi connectivity index (χ2v) is 6.41. The van der Waals surface area contributed by atoms with Crippen LogP contribution in [0.3, 0.4) is 0 Å². The van der Waals surface area contributed by atoms with Gasteiger partial charge in [0.05, 0.1) is 11.7 Å². The van der Waals surface area contributed by atoms with E-state index in [1.54, 1.807) is 12.1 Å². The van der Waals surface area contributed by atoms with Gasteiger partial charge in [-0.3, -0.25) is 9.59 Å². The molecule has 8 heteroatoms. The van der Waals surface area contributed by atoms with Crippen LogP contribution in [0.25, 0.3) is 11.6 Å². The SMILES string of the molecule is O=C(CCc1nc(-c2ccco2)no1)NCC1(C(=O)O)CCCCC1. The maximum absolute atomic E-state index is 12.0. The third kappa shape index (κ3) is 4.07. The molecule has 8 nitrogen and oxygen atoms in total. The van der Waals surface area contributed by atoms with E-state index in [2.05, 4.69) is 15.5 Å². The quantitative estimate of drug-likeness (QED) is 0.789. The van der Waals surface area contributed by atoms with Crippen molar-refractivity contribution in [3.8, 4) is 11.6 Å². The molecule has 2 aromatic heterocycles. The van der Waals surface area contributed by atoms with E-state index in [1.165, 1.54) is 6.26 Å². The zero-order valence-corrected chi connectivity index (χ0v) is 13.9. The van der Waals surface area contributed by atoms with Gasteiger partial charge in [0.2, 0.25) is 17.6 Å². The number of aryl methyl sites for hydroxylation is 1. The molecule has 1 fully saturated rings. The molecule has 2 N–H and O–H groups in total. The standard InChI is InChI=1S/C17H21N3O5/c21-13(18-11-17(16(22)23)8-2-1-3-9-17)6-7-14-19-15(20-25-14)12-5-4-10-24-12/h4-5,10H,1-3,6-9,11H2,(H,18,21)(H,22,23). The number of carboxylic acid groups (broad SMARTS) is 1. The monoisotopic (exact) mass is 347 g/mol. The highest BCUT2D eigenvalue weighted by molar-refractivity contribution is 5.79. The molecule has 1 aliphatic carbocycles. The molecule has 1 saturated carbocycles. The van der Waals surface area contributed by atoms with Gasteiger partial charge in [-0.1, -0.05) is 24.4 Å². The Morgan fingerprint density at radius 1 is 1.28 bits per heavy atom. The van der Waals surface area contributed by atoms with E-state index < -0.39 is 11.4 Å². The Morgan fingerprint density at radius 2 is 2.08 bits per heavy atom. The lowest BCUT2D eigenvalue weighted by Crippen LogP contribution is -2.44. The molecule has 0 saturated heterocycles. The van der Waals surface area contributed by atoms with Crippen LogP contribution in [-0.2, 0) is 16.0 Å². The van der Waals surface area contributed by atoms with E-state index in [0.717, 1.165) is 19.3 Å². The third-order valence-electron chi connectivity index (χ3n) is 4.66. The first-order chi connectivity index (χ1) is 12.1. The lowest BCUT2D eigenvalue weighted by atomic mass is 9.74. The third-order valence-corrected chi connectivity index (χ3v) is 4.66. The Hall–Kier alpha value is -2.64. The molecule has 134 valence electrons. The van der Waals surface area contributed by atoms with Gasteiger partial charge in [-0.25, -0.2) is 0 Å². The molecule has 2 aromatic rings. The van der Waals surface area contributed by atoms with Crippen LogP contribution in [0.1, 0.15) is 44.4 Å². The molecular weight excluding hydrogens is 326 g/mol. The fraction of sp³-hybridized carbons (Fsp3) is 0.529. The van der Waals surface area contributed by atoms with Crippen LogP contribution in [0.2, 0.25) is 0 Å². The summed E-state index contributed by atoms with van der Waals surface area (Å²) in [5, 5.41) is 16.1. The van der Waals surface area contributed by atoms with E-state index in [9.17, 15) is 14.7 Å². The highest BCUT2D eigenvalue weighted by Crippen LogP contribution is 2.36. The number of carboxylic acids is 1. The first-order valence-corrected chi connectivity index (χ1v) is 8.46. The lowest BCUT2D eigenvalue weighted by molar-refractivity contribution is -0.151. The summed E-state index contributed by atoms with van der Waals surface area (Å²) in [6, 6.07) is 3.44. The van der Waals surface area contributed by atoms with Crippen molar-refractivity contribution in [2.75, 3.05) is 6.54 Å². The largest absolute Gasteiger partial charge is 0.481 e. The number of hydrogen-bond acceptors (Lipinski definition) is 6. The van der Waals surface area contributed by atoms with Crippen LogP contribution >= 0.6 is 0 Å². The summed E-state index contributed by atoms with van der Waals surface area (Å²) >= 11 is 0. The van der Waals surface area contributed by atoms with E-state index in [0.29, 0.717) is 36.7 Å². The highest BCUT2D eigenvalue weighted by atomic mass is 16.5. The Bertz CT molecular complexity index is 716. The maximum Gasteiger partial charge on any atom is 0.311 e. The van der Waals surface area contributed by atoms with Crippen molar-refractivity contribution in [2.45, 2.75) is 44.9 Å². The van der Waals surface area contributed by atoms with Crippen molar-refractivity contribution in [2.24, 2.45) is 5.41 Å². The number of hydrogen-bond donors (Lipinski definition) is 2. The fourth-order valence-electron chi connectivity index (χ4n) is 3.13. The van der Waals surface area contributed by atoms with Gasteiger partial charge in [0.1, 0.15) is 0 Å². The summed E-state index contributed by atoms with van der Waals surface area (Å²) in [5.41, 5.74) is -0.829. The minimum atomic E-state index is -0.829. The van der Waals surface area contributed by atoms with Crippen LogP contribution in [-0.4, -0.2) is 33.7 Å². The van der Waals surface area contributed by atoms with Crippen molar-refractivity contribution < 1.29 is 23.6 Å². The smallest absolute Gasteiger partial charge is 0.311 e. The molecule has 0 aromatic carbocycles. The molecule has 0 unspecified atom stereocenters. The number of nitrogens with one attached hydrogen (secondary N) is 1. The average Bonchev–Trinajstić information content (AvgIpc) is 3.30. The summed E-state index contributed by atoms with van der Waals surface area (Å²) in [6.07, 6.45) is 6.02. The van der Waals surface area contributed by atoms with Gasteiger partial charge in [0, 0.05) is 19.4 Å². The first kappa shape index (κ1) is 17.2. The second kappa shape index (κ2) is 7.50. The Morgan fingerprint density at radius 3 is 2.76 bits per heavy atom. The lowest BCUT2D eigenvalue weighted by Gasteiger charge is -2.33. The zero-order valence-electron chi connectivity index (χ0n) is 13.9. The van der Waals surface area contributed by atoms with Gasteiger partial charge in [-0.05, 0) is 25.0 Å². The number of carbonyl (C=O) groups excluding carboxylic acids is 1. The number of furan rings is 1. The molecular formula is C17H21N3O5. The summed E-state index contributed by atoms with van der Waals surface area (Å²) < 4.78 is 10.3. The Balaban J connectivity index is 1.49. The minimum absolute atomic E-state index is 0.162. The van der Waals surface area contributed by atoms with Crippen molar-refractivity contribution in [3.63, 3.8) is 0 Å². The molecule has 0 radical (unpaired) electrons. The summed E-state index contributed by atoms with van der Waals surface area (Å²) in [6.45, 7) is 0.169. The predicted molar refractivity (Wildman–Crippen MR) is 86.5 cm³/mol. The molecule has 25 heavy (non-hydrogen) atoms. The highest BCUT2D eigenvalue weighted by Gasteiger charge is 2.39. The Labute approximate surface area is 144 Å². The fourth-order valence-corrected chi connectivity index (χ4v) is 3.13. The number of aliphatic carboxylic acids is 1.